The molecule has 0 saturated carbocycles. The van der Waals surface area contributed by atoms with Gasteiger partial charge in [0.1, 0.15) is 5.69 Å². The average molecular weight is 339 g/mol. The molecule has 2 aliphatic heterocycles. The van der Waals surface area contributed by atoms with Gasteiger partial charge < -0.3 is 14.4 Å². The van der Waals surface area contributed by atoms with E-state index in [2.05, 4.69) is 34.2 Å². The van der Waals surface area contributed by atoms with Crippen LogP contribution in [0.3, 0.4) is 0 Å². The van der Waals surface area contributed by atoms with Crippen molar-refractivity contribution in [3.05, 3.63) is 53.3 Å². The highest BCUT2D eigenvalue weighted by atomic mass is 16.5. The SMILES string of the molecule is COc1nccc(C(=O)N2CCC3(CC2)OCCc2ccccc23)n1. The van der Waals surface area contributed by atoms with E-state index in [1.54, 1.807) is 12.3 Å². The maximum absolute atomic E-state index is 12.7. The molecule has 6 nitrogen and oxygen atoms in total. The number of nitrogens with zero attached hydrogens (tertiary/aromatic N) is 3. The average Bonchev–Trinajstić information content (AvgIpc) is 2.68. The molecule has 2 aliphatic rings. The standard InChI is InChI=1S/C19H21N3O3/c1-24-18-20-10-6-16(21-18)17(23)22-11-8-19(9-12-22)15-5-3-2-4-14(15)7-13-25-19/h2-6,10H,7-9,11-13H2,1H3. The highest BCUT2D eigenvalue weighted by Crippen LogP contribution is 2.41. The molecule has 0 atom stereocenters. The number of piperidine rings is 1. The van der Waals surface area contributed by atoms with Gasteiger partial charge in [0.05, 0.1) is 19.3 Å². The van der Waals surface area contributed by atoms with Crippen molar-refractivity contribution in [2.24, 2.45) is 0 Å². The summed E-state index contributed by atoms with van der Waals surface area (Å²) in [6.07, 6.45) is 4.11. The lowest BCUT2D eigenvalue weighted by molar-refractivity contribution is -0.0935. The molecule has 0 N–H and O–H groups in total. The lowest BCUT2D eigenvalue weighted by Gasteiger charge is -2.45. The highest BCUT2D eigenvalue weighted by molar-refractivity contribution is 5.92. The first-order valence-corrected chi connectivity index (χ1v) is 8.60. The third kappa shape index (κ3) is 2.87. The topological polar surface area (TPSA) is 64.5 Å². The lowest BCUT2D eigenvalue weighted by atomic mass is 9.79. The van der Waals surface area contributed by atoms with Crippen molar-refractivity contribution >= 4 is 5.91 Å². The Bertz CT molecular complexity index is 785. The predicted molar refractivity (Wildman–Crippen MR) is 91.5 cm³/mol. The zero-order valence-electron chi connectivity index (χ0n) is 14.3. The molecule has 130 valence electrons. The van der Waals surface area contributed by atoms with E-state index in [0.29, 0.717) is 18.8 Å². The summed E-state index contributed by atoms with van der Waals surface area (Å²) in [5, 5.41) is 0. The van der Waals surface area contributed by atoms with E-state index < -0.39 is 0 Å². The number of fused-ring (bicyclic) bond motifs is 2. The number of amides is 1. The minimum atomic E-state index is -0.255. The Kier molecular flexibility index (Phi) is 4.13. The summed E-state index contributed by atoms with van der Waals surface area (Å²) >= 11 is 0. The maximum atomic E-state index is 12.7. The number of carbonyl (C=O) groups is 1. The molecule has 1 saturated heterocycles. The molecule has 0 radical (unpaired) electrons. The molecule has 1 aromatic carbocycles. The summed E-state index contributed by atoms with van der Waals surface area (Å²) in [5.41, 5.74) is 2.77. The third-order valence-corrected chi connectivity index (χ3v) is 5.15. The first-order chi connectivity index (χ1) is 12.2. The van der Waals surface area contributed by atoms with Crippen molar-refractivity contribution < 1.29 is 14.3 Å². The van der Waals surface area contributed by atoms with Crippen LogP contribution in [0.5, 0.6) is 6.01 Å². The van der Waals surface area contributed by atoms with Gasteiger partial charge in [-0.2, -0.15) is 4.98 Å². The second-order valence-electron chi connectivity index (χ2n) is 6.47. The molecule has 1 fully saturated rings. The number of hydrogen-bond acceptors (Lipinski definition) is 5. The van der Waals surface area contributed by atoms with Crippen LogP contribution in [0.15, 0.2) is 36.5 Å². The third-order valence-electron chi connectivity index (χ3n) is 5.15. The molecule has 3 heterocycles. The molecule has 2 aromatic rings. The highest BCUT2D eigenvalue weighted by Gasteiger charge is 2.41. The van der Waals surface area contributed by atoms with Crippen LogP contribution in [0.1, 0.15) is 34.5 Å². The summed E-state index contributed by atoms with van der Waals surface area (Å²) < 4.78 is 11.2. The molecule has 0 unspecified atom stereocenters. The van der Waals surface area contributed by atoms with Crippen molar-refractivity contribution in [2.45, 2.75) is 24.9 Å². The van der Waals surface area contributed by atoms with Crippen molar-refractivity contribution in [1.82, 2.24) is 14.9 Å². The molecule has 4 rings (SSSR count). The van der Waals surface area contributed by atoms with Gasteiger partial charge in [-0.05, 0) is 36.5 Å². The molecular weight excluding hydrogens is 318 g/mol. The van der Waals surface area contributed by atoms with Gasteiger partial charge in [-0.25, -0.2) is 4.98 Å². The van der Waals surface area contributed by atoms with E-state index in [9.17, 15) is 4.79 Å². The number of likely N-dealkylation sites (tertiary alicyclic amines) is 1. The van der Waals surface area contributed by atoms with Crippen LogP contribution in [-0.4, -0.2) is 47.6 Å². The molecule has 1 spiro atoms. The number of benzene rings is 1. The maximum Gasteiger partial charge on any atom is 0.316 e. The molecule has 0 aliphatic carbocycles. The monoisotopic (exact) mass is 339 g/mol. The van der Waals surface area contributed by atoms with Gasteiger partial charge in [0.2, 0.25) is 0 Å². The number of methoxy groups -OCH3 is 1. The van der Waals surface area contributed by atoms with E-state index in [1.165, 1.54) is 18.2 Å². The van der Waals surface area contributed by atoms with Gasteiger partial charge in [-0.1, -0.05) is 24.3 Å². The molecule has 1 amide bonds. The van der Waals surface area contributed by atoms with Gasteiger partial charge >= 0.3 is 6.01 Å². The van der Waals surface area contributed by atoms with E-state index in [4.69, 9.17) is 9.47 Å². The van der Waals surface area contributed by atoms with Crippen molar-refractivity contribution in [2.75, 3.05) is 26.8 Å². The molecule has 1 aromatic heterocycles. The van der Waals surface area contributed by atoms with E-state index in [-0.39, 0.29) is 17.5 Å². The second-order valence-corrected chi connectivity index (χ2v) is 6.47. The largest absolute Gasteiger partial charge is 0.467 e. The van der Waals surface area contributed by atoms with Gasteiger partial charge in [0.15, 0.2) is 0 Å². The predicted octanol–water partition coefficient (Wildman–Crippen LogP) is 2.19. The minimum Gasteiger partial charge on any atom is -0.467 e. The Labute approximate surface area is 146 Å². The molecule has 0 bridgehead atoms. The van der Waals surface area contributed by atoms with Crippen molar-refractivity contribution in [1.29, 1.82) is 0 Å². The second kappa shape index (κ2) is 6.44. The quantitative estimate of drug-likeness (QED) is 0.839. The summed E-state index contributed by atoms with van der Waals surface area (Å²) in [5.74, 6) is -0.0837. The fourth-order valence-corrected chi connectivity index (χ4v) is 3.82. The number of rotatable bonds is 2. The Hall–Kier alpha value is -2.47. The van der Waals surface area contributed by atoms with Crippen LogP contribution in [0.2, 0.25) is 0 Å². The fourth-order valence-electron chi connectivity index (χ4n) is 3.82. The van der Waals surface area contributed by atoms with Gasteiger partial charge in [0, 0.05) is 19.3 Å². The summed E-state index contributed by atoms with van der Waals surface area (Å²) in [7, 11) is 1.49. The zero-order valence-corrected chi connectivity index (χ0v) is 14.3. The number of carbonyl (C=O) groups excluding carboxylic acids is 1. The molecule has 6 heteroatoms. The van der Waals surface area contributed by atoms with Crippen LogP contribution in [-0.2, 0) is 16.8 Å². The first kappa shape index (κ1) is 16.0. The molecule has 25 heavy (non-hydrogen) atoms. The smallest absolute Gasteiger partial charge is 0.316 e. The van der Waals surface area contributed by atoms with Gasteiger partial charge in [-0.3, -0.25) is 4.79 Å². The van der Waals surface area contributed by atoms with Crippen molar-refractivity contribution in [3.8, 4) is 6.01 Å². The Morgan fingerprint density at radius 1 is 1.24 bits per heavy atom. The van der Waals surface area contributed by atoms with E-state index in [0.717, 1.165) is 25.9 Å². The number of hydrogen-bond donors (Lipinski definition) is 0. The lowest BCUT2D eigenvalue weighted by Crippen LogP contribution is -2.48. The Morgan fingerprint density at radius 3 is 2.84 bits per heavy atom. The summed E-state index contributed by atoms with van der Waals surface area (Å²) in [4.78, 5) is 22.7. The van der Waals surface area contributed by atoms with Crippen molar-refractivity contribution in [3.63, 3.8) is 0 Å². The Balaban J connectivity index is 1.51. The first-order valence-electron chi connectivity index (χ1n) is 8.60. The summed E-state index contributed by atoms with van der Waals surface area (Å²) in [6, 6.07) is 10.3. The number of aromatic nitrogens is 2. The minimum absolute atomic E-state index is 0.0837. The normalized spacial score (nSPS) is 18.7. The van der Waals surface area contributed by atoms with Crippen LogP contribution in [0, 0.1) is 0 Å². The van der Waals surface area contributed by atoms with Crippen LogP contribution >= 0.6 is 0 Å². The van der Waals surface area contributed by atoms with Gasteiger partial charge in [0.25, 0.3) is 5.91 Å². The zero-order chi connectivity index (χ0) is 17.3. The Morgan fingerprint density at radius 2 is 2.04 bits per heavy atom. The van der Waals surface area contributed by atoms with E-state index >= 15 is 0 Å². The van der Waals surface area contributed by atoms with Crippen LogP contribution in [0.4, 0.5) is 0 Å². The molecular formula is C19H21N3O3. The fraction of sp³-hybridized carbons (Fsp3) is 0.421. The van der Waals surface area contributed by atoms with Crippen LogP contribution in [0.25, 0.3) is 0 Å². The summed E-state index contributed by atoms with van der Waals surface area (Å²) in [6.45, 7) is 2.05. The number of ether oxygens (including phenoxy) is 2. The van der Waals surface area contributed by atoms with Crippen LogP contribution < -0.4 is 4.74 Å². The van der Waals surface area contributed by atoms with E-state index in [1.807, 2.05) is 4.90 Å². The van der Waals surface area contributed by atoms with Gasteiger partial charge in [-0.15, -0.1) is 0 Å².